The maximum atomic E-state index is 4.87. The van der Waals surface area contributed by atoms with Crippen LogP contribution in [0.25, 0.3) is 67.2 Å². The first-order chi connectivity index (χ1) is 17.8. The first-order valence-corrected chi connectivity index (χ1v) is 11.9. The van der Waals surface area contributed by atoms with Gasteiger partial charge in [0, 0.05) is 11.8 Å². The minimum Gasteiger partial charge on any atom is -0.253 e. The second-order valence-corrected chi connectivity index (χ2v) is 8.79. The first-order valence-electron chi connectivity index (χ1n) is 11.9. The van der Waals surface area contributed by atoms with E-state index in [4.69, 9.17) is 4.98 Å². The lowest BCUT2D eigenvalue weighted by molar-refractivity contribution is 0.970. The zero-order chi connectivity index (χ0) is 23.9. The number of pyridine rings is 1. The van der Waals surface area contributed by atoms with Gasteiger partial charge in [-0.05, 0) is 56.1 Å². The van der Waals surface area contributed by atoms with E-state index in [0.29, 0.717) is 11.5 Å². The molecule has 0 aliphatic carbocycles. The molecular weight excluding hydrogens is 440 g/mol. The highest BCUT2D eigenvalue weighted by Gasteiger charge is 2.13. The minimum absolute atomic E-state index is 0.505. The molecule has 0 radical (unpaired) electrons. The second kappa shape index (κ2) is 8.36. The molecular formula is C32H20N4. The molecule has 0 aliphatic heterocycles. The maximum absolute atomic E-state index is 4.87. The third kappa shape index (κ3) is 3.39. The van der Waals surface area contributed by atoms with Crippen LogP contribution in [0, 0.1) is 0 Å². The Morgan fingerprint density at radius 2 is 1.31 bits per heavy atom. The van der Waals surface area contributed by atoms with Crippen molar-refractivity contribution in [2.45, 2.75) is 0 Å². The SMILES string of the molecule is C(=C\c1ccc2ccc3cccc4ccc1c2c34)/c1nc(-c2ccccn2)nnc1-c1ccccc1. The molecule has 0 unspecified atom stereocenters. The van der Waals surface area contributed by atoms with Gasteiger partial charge < -0.3 is 0 Å². The van der Waals surface area contributed by atoms with Crippen molar-refractivity contribution in [3.63, 3.8) is 0 Å². The number of hydrogen-bond donors (Lipinski definition) is 0. The van der Waals surface area contributed by atoms with Gasteiger partial charge in [0.2, 0.25) is 5.82 Å². The van der Waals surface area contributed by atoms with E-state index in [0.717, 1.165) is 22.5 Å². The van der Waals surface area contributed by atoms with Crippen molar-refractivity contribution in [1.82, 2.24) is 20.2 Å². The van der Waals surface area contributed by atoms with Crippen molar-refractivity contribution >= 4 is 44.5 Å². The summed E-state index contributed by atoms with van der Waals surface area (Å²) >= 11 is 0. The van der Waals surface area contributed by atoms with Crippen LogP contribution in [0.4, 0.5) is 0 Å². The summed E-state index contributed by atoms with van der Waals surface area (Å²) in [6.45, 7) is 0. The Bertz CT molecular complexity index is 1860. The number of rotatable bonds is 4. The number of hydrogen-bond acceptors (Lipinski definition) is 4. The Kier molecular flexibility index (Phi) is 4.74. The molecule has 7 rings (SSSR count). The van der Waals surface area contributed by atoms with E-state index >= 15 is 0 Å². The first kappa shape index (κ1) is 20.4. The normalized spacial score (nSPS) is 11.8. The smallest absolute Gasteiger partial charge is 0.200 e. The predicted molar refractivity (Wildman–Crippen MR) is 148 cm³/mol. The third-order valence-electron chi connectivity index (χ3n) is 6.64. The molecule has 2 aromatic heterocycles. The molecule has 0 atom stereocenters. The van der Waals surface area contributed by atoms with Crippen molar-refractivity contribution < 1.29 is 0 Å². The standard InChI is InChI=1S/C32H20N4/c1-2-7-25(8-3-1)31-27(34-32(36-35-31)28-11-4-5-20-33-28)19-17-21-12-13-24-15-14-22-9-6-10-23-16-18-26(21)30(24)29(22)23/h1-20H/b19-17+. The quantitative estimate of drug-likeness (QED) is 0.253. The largest absolute Gasteiger partial charge is 0.253 e. The Morgan fingerprint density at radius 1 is 0.556 bits per heavy atom. The van der Waals surface area contributed by atoms with E-state index in [1.807, 2.05) is 54.6 Å². The molecule has 0 saturated heterocycles. The van der Waals surface area contributed by atoms with E-state index in [1.165, 1.54) is 32.3 Å². The van der Waals surface area contributed by atoms with Gasteiger partial charge in [-0.3, -0.25) is 4.98 Å². The van der Waals surface area contributed by atoms with Gasteiger partial charge in [0.1, 0.15) is 11.4 Å². The van der Waals surface area contributed by atoms with Crippen LogP contribution in [-0.4, -0.2) is 20.2 Å². The molecule has 36 heavy (non-hydrogen) atoms. The van der Waals surface area contributed by atoms with E-state index in [2.05, 4.69) is 75.9 Å². The summed E-state index contributed by atoms with van der Waals surface area (Å²) in [5.74, 6) is 0.505. The molecule has 168 valence electrons. The minimum atomic E-state index is 0.505. The predicted octanol–water partition coefficient (Wildman–Crippen LogP) is 7.67. The topological polar surface area (TPSA) is 51.6 Å². The van der Waals surface area contributed by atoms with Gasteiger partial charge in [-0.15, -0.1) is 10.2 Å². The summed E-state index contributed by atoms with van der Waals surface area (Å²) in [6, 6.07) is 35.4. The zero-order valence-electron chi connectivity index (χ0n) is 19.3. The van der Waals surface area contributed by atoms with Gasteiger partial charge in [0.25, 0.3) is 0 Å². The fourth-order valence-electron chi connectivity index (χ4n) is 4.93. The molecule has 0 spiro atoms. The fraction of sp³-hybridized carbons (Fsp3) is 0. The van der Waals surface area contributed by atoms with Crippen molar-refractivity contribution in [3.05, 3.63) is 121 Å². The van der Waals surface area contributed by atoms with Crippen LogP contribution < -0.4 is 0 Å². The summed E-state index contributed by atoms with van der Waals surface area (Å²) in [5.41, 5.74) is 4.30. The Hall–Kier alpha value is -4.96. The zero-order valence-corrected chi connectivity index (χ0v) is 19.3. The van der Waals surface area contributed by atoms with Crippen LogP contribution in [0.15, 0.2) is 109 Å². The van der Waals surface area contributed by atoms with Gasteiger partial charge >= 0.3 is 0 Å². The van der Waals surface area contributed by atoms with Crippen LogP contribution in [-0.2, 0) is 0 Å². The summed E-state index contributed by atoms with van der Waals surface area (Å²) < 4.78 is 0. The molecule has 5 aromatic carbocycles. The van der Waals surface area contributed by atoms with Gasteiger partial charge in [-0.25, -0.2) is 4.98 Å². The Labute approximate surface area is 208 Å². The van der Waals surface area contributed by atoms with Crippen LogP contribution >= 0.6 is 0 Å². The van der Waals surface area contributed by atoms with Gasteiger partial charge in [-0.1, -0.05) is 97.1 Å². The lowest BCUT2D eigenvalue weighted by atomic mass is 9.92. The molecule has 4 heteroatoms. The number of nitrogens with zero attached hydrogens (tertiary/aromatic N) is 4. The molecule has 0 saturated carbocycles. The maximum Gasteiger partial charge on any atom is 0.200 e. The highest BCUT2D eigenvalue weighted by molar-refractivity contribution is 6.24. The molecule has 2 heterocycles. The van der Waals surface area contributed by atoms with Gasteiger partial charge in [0.15, 0.2) is 0 Å². The molecule has 4 nitrogen and oxygen atoms in total. The van der Waals surface area contributed by atoms with Crippen molar-refractivity contribution in [1.29, 1.82) is 0 Å². The second-order valence-electron chi connectivity index (χ2n) is 8.79. The average Bonchev–Trinajstić information content (AvgIpc) is 2.96. The monoisotopic (exact) mass is 460 g/mol. The molecule has 7 aromatic rings. The van der Waals surface area contributed by atoms with Gasteiger partial charge in [0.05, 0.1) is 5.69 Å². The summed E-state index contributed by atoms with van der Waals surface area (Å²) in [6.07, 6.45) is 5.91. The van der Waals surface area contributed by atoms with Crippen LogP contribution in [0.3, 0.4) is 0 Å². The lowest BCUT2D eigenvalue weighted by Gasteiger charge is -2.12. The van der Waals surface area contributed by atoms with Crippen LogP contribution in [0.2, 0.25) is 0 Å². The third-order valence-corrected chi connectivity index (χ3v) is 6.64. The van der Waals surface area contributed by atoms with Crippen molar-refractivity contribution in [2.24, 2.45) is 0 Å². The van der Waals surface area contributed by atoms with Crippen molar-refractivity contribution in [2.75, 3.05) is 0 Å². The molecule has 0 bridgehead atoms. The van der Waals surface area contributed by atoms with Crippen molar-refractivity contribution in [3.8, 4) is 22.8 Å². The summed E-state index contributed by atoms with van der Waals surface area (Å²) in [5, 5.41) is 16.6. The van der Waals surface area contributed by atoms with E-state index < -0.39 is 0 Å². The highest BCUT2D eigenvalue weighted by atomic mass is 15.2. The van der Waals surface area contributed by atoms with Crippen LogP contribution in [0.5, 0.6) is 0 Å². The summed E-state index contributed by atoms with van der Waals surface area (Å²) in [4.78, 5) is 9.28. The van der Waals surface area contributed by atoms with Gasteiger partial charge in [-0.2, -0.15) is 0 Å². The lowest BCUT2D eigenvalue weighted by Crippen LogP contribution is -2.00. The van der Waals surface area contributed by atoms with E-state index in [1.54, 1.807) is 6.20 Å². The number of benzene rings is 5. The van der Waals surface area contributed by atoms with Crippen LogP contribution in [0.1, 0.15) is 11.3 Å². The van der Waals surface area contributed by atoms with E-state index in [-0.39, 0.29) is 0 Å². The molecule has 0 fully saturated rings. The Morgan fingerprint density at radius 3 is 2.11 bits per heavy atom. The fourth-order valence-corrected chi connectivity index (χ4v) is 4.93. The Balaban J connectivity index is 1.41. The average molecular weight is 461 g/mol. The molecule has 0 N–H and O–H groups in total. The molecule has 0 amide bonds. The molecule has 0 aliphatic rings. The van der Waals surface area contributed by atoms with E-state index in [9.17, 15) is 0 Å². The summed E-state index contributed by atoms with van der Waals surface area (Å²) in [7, 11) is 0. The number of aromatic nitrogens is 4. The highest BCUT2D eigenvalue weighted by Crippen LogP contribution is 2.36.